The van der Waals surface area contributed by atoms with Crippen LogP contribution in [0.15, 0.2) is 0 Å². The summed E-state index contributed by atoms with van der Waals surface area (Å²) in [5, 5.41) is 3.40. The number of hydrogen-bond acceptors (Lipinski definition) is 3. The molecule has 1 rings (SSSR count). The molecule has 1 N–H and O–H groups in total. The van der Waals surface area contributed by atoms with Crippen LogP contribution >= 0.6 is 0 Å². The molecule has 0 aromatic heterocycles. The first-order valence-corrected chi connectivity index (χ1v) is 5.82. The van der Waals surface area contributed by atoms with Gasteiger partial charge in [-0.2, -0.15) is 0 Å². The van der Waals surface area contributed by atoms with Crippen molar-refractivity contribution in [3.8, 4) is 0 Å². The predicted molar refractivity (Wildman–Crippen MR) is 60.7 cm³/mol. The van der Waals surface area contributed by atoms with E-state index >= 15 is 0 Å². The van der Waals surface area contributed by atoms with Crippen LogP contribution in [0.25, 0.3) is 0 Å². The molecule has 0 aromatic carbocycles. The molecule has 1 aliphatic rings. The van der Waals surface area contributed by atoms with Gasteiger partial charge >= 0.3 is 5.97 Å². The summed E-state index contributed by atoms with van der Waals surface area (Å²) in [6, 6.07) is 0.345. The van der Waals surface area contributed by atoms with Crippen LogP contribution in [0.5, 0.6) is 0 Å². The molecule has 3 heteroatoms. The van der Waals surface area contributed by atoms with Crippen molar-refractivity contribution in [3.63, 3.8) is 0 Å². The Morgan fingerprint density at radius 3 is 2.67 bits per heavy atom. The third kappa shape index (κ3) is 3.49. The molecule has 2 atom stereocenters. The van der Waals surface area contributed by atoms with Gasteiger partial charge in [0.05, 0.1) is 7.11 Å². The van der Waals surface area contributed by atoms with Crippen molar-refractivity contribution in [3.05, 3.63) is 0 Å². The minimum atomic E-state index is -0.137. The standard InChI is InChI=1S/C12H23NO2/c1-5-10(11(14)15-4)13-9-6-7-12(2,3)8-9/h9-10,13H,5-8H2,1-4H3. The molecule has 0 heterocycles. The summed E-state index contributed by atoms with van der Waals surface area (Å²) in [5.74, 6) is -0.137. The van der Waals surface area contributed by atoms with Crippen LogP contribution in [0.2, 0.25) is 0 Å². The van der Waals surface area contributed by atoms with Crippen LogP contribution in [-0.4, -0.2) is 25.2 Å². The van der Waals surface area contributed by atoms with Gasteiger partial charge in [-0.1, -0.05) is 20.8 Å². The maximum atomic E-state index is 11.4. The van der Waals surface area contributed by atoms with E-state index in [0.29, 0.717) is 11.5 Å². The Morgan fingerprint density at radius 1 is 1.60 bits per heavy atom. The molecule has 15 heavy (non-hydrogen) atoms. The smallest absolute Gasteiger partial charge is 0.322 e. The molecule has 1 fully saturated rings. The fraction of sp³-hybridized carbons (Fsp3) is 0.917. The van der Waals surface area contributed by atoms with E-state index in [9.17, 15) is 4.79 Å². The SMILES string of the molecule is CCC(NC1CCC(C)(C)C1)C(=O)OC. The lowest BCUT2D eigenvalue weighted by Gasteiger charge is -2.21. The fourth-order valence-electron chi connectivity index (χ4n) is 2.36. The monoisotopic (exact) mass is 213 g/mol. The Balaban J connectivity index is 2.43. The van der Waals surface area contributed by atoms with E-state index in [4.69, 9.17) is 4.74 Å². The van der Waals surface area contributed by atoms with E-state index in [1.807, 2.05) is 6.92 Å². The number of nitrogens with one attached hydrogen (secondary N) is 1. The van der Waals surface area contributed by atoms with Gasteiger partial charge < -0.3 is 10.1 Å². The lowest BCUT2D eigenvalue weighted by Crippen LogP contribution is -2.42. The molecule has 3 nitrogen and oxygen atoms in total. The van der Waals surface area contributed by atoms with Crippen LogP contribution in [0.4, 0.5) is 0 Å². The van der Waals surface area contributed by atoms with Crippen molar-refractivity contribution < 1.29 is 9.53 Å². The Bertz CT molecular complexity index is 226. The van der Waals surface area contributed by atoms with Gasteiger partial charge in [0.2, 0.25) is 0 Å². The topological polar surface area (TPSA) is 38.3 Å². The number of carbonyl (C=O) groups excluding carboxylic acids is 1. The van der Waals surface area contributed by atoms with E-state index in [-0.39, 0.29) is 12.0 Å². The average Bonchev–Trinajstić information content (AvgIpc) is 2.53. The number of methoxy groups -OCH3 is 1. The van der Waals surface area contributed by atoms with Crippen molar-refractivity contribution in [1.82, 2.24) is 5.32 Å². The fourth-order valence-corrected chi connectivity index (χ4v) is 2.36. The van der Waals surface area contributed by atoms with Crippen molar-refractivity contribution in [2.24, 2.45) is 5.41 Å². The highest BCUT2D eigenvalue weighted by atomic mass is 16.5. The van der Waals surface area contributed by atoms with Gasteiger partial charge in [-0.05, 0) is 31.1 Å². The summed E-state index contributed by atoms with van der Waals surface area (Å²) in [6.07, 6.45) is 4.35. The Kier molecular flexibility index (Phi) is 4.14. The maximum absolute atomic E-state index is 11.4. The van der Waals surface area contributed by atoms with Crippen molar-refractivity contribution in [1.29, 1.82) is 0 Å². The number of esters is 1. The summed E-state index contributed by atoms with van der Waals surface area (Å²) in [6.45, 7) is 6.58. The molecule has 0 bridgehead atoms. The van der Waals surface area contributed by atoms with Crippen LogP contribution in [0, 0.1) is 5.41 Å². The van der Waals surface area contributed by atoms with E-state index in [2.05, 4.69) is 19.2 Å². The highest BCUT2D eigenvalue weighted by molar-refractivity contribution is 5.75. The molecule has 0 spiro atoms. The first kappa shape index (κ1) is 12.5. The molecule has 0 aliphatic heterocycles. The largest absolute Gasteiger partial charge is 0.468 e. The molecular formula is C12H23NO2. The van der Waals surface area contributed by atoms with Crippen LogP contribution in [0.3, 0.4) is 0 Å². The van der Waals surface area contributed by atoms with Gasteiger partial charge in [0.15, 0.2) is 0 Å². The quantitative estimate of drug-likeness (QED) is 0.727. The Hall–Kier alpha value is -0.570. The normalized spacial score (nSPS) is 26.3. The number of hydrogen-bond donors (Lipinski definition) is 1. The zero-order valence-corrected chi connectivity index (χ0v) is 10.3. The van der Waals surface area contributed by atoms with Crippen molar-refractivity contribution >= 4 is 5.97 Å². The molecule has 0 saturated heterocycles. The van der Waals surface area contributed by atoms with Crippen molar-refractivity contribution in [2.75, 3.05) is 7.11 Å². The molecule has 0 aromatic rings. The number of ether oxygens (including phenoxy) is 1. The van der Waals surface area contributed by atoms with Gasteiger partial charge in [0.1, 0.15) is 6.04 Å². The summed E-state index contributed by atoms with van der Waals surface area (Å²) < 4.78 is 4.76. The van der Waals surface area contributed by atoms with E-state index < -0.39 is 0 Å². The molecule has 88 valence electrons. The van der Waals surface area contributed by atoms with Gasteiger partial charge in [0, 0.05) is 6.04 Å². The van der Waals surface area contributed by atoms with Crippen LogP contribution in [0.1, 0.15) is 46.5 Å². The molecular weight excluding hydrogens is 190 g/mol. The van der Waals surface area contributed by atoms with Crippen LogP contribution < -0.4 is 5.32 Å². The second kappa shape index (κ2) is 4.97. The third-order valence-corrected chi connectivity index (χ3v) is 3.30. The maximum Gasteiger partial charge on any atom is 0.322 e. The Labute approximate surface area is 92.6 Å². The highest BCUT2D eigenvalue weighted by Crippen LogP contribution is 2.37. The average molecular weight is 213 g/mol. The second-order valence-electron chi connectivity index (χ2n) is 5.25. The van der Waals surface area contributed by atoms with Gasteiger partial charge in [0.25, 0.3) is 0 Å². The van der Waals surface area contributed by atoms with E-state index in [1.54, 1.807) is 0 Å². The second-order valence-corrected chi connectivity index (χ2v) is 5.25. The summed E-state index contributed by atoms with van der Waals surface area (Å²) >= 11 is 0. The third-order valence-electron chi connectivity index (χ3n) is 3.30. The van der Waals surface area contributed by atoms with Crippen LogP contribution in [-0.2, 0) is 9.53 Å². The van der Waals surface area contributed by atoms with Crippen molar-refractivity contribution in [2.45, 2.75) is 58.5 Å². The lowest BCUT2D eigenvalue weighted by molar-refractivity contribution is -0.143. The minimum absolute atomic E-state index is 0.131. The minimum Gasteiger partial charge on any atom is -0.468 e. The number of rotatable bonds is 4. The highest BCUT2D eigenvalue weighted by Gasteiger charge is 2.32. The molecule has 0 radical (unpaired) electrons. The molecule has 2 unspecified atom stereocenters. The zero-order valence-electron chi connectivity index (χ0n) is 10.3. The van der Waals surface area contributed by atoms with Gasteiger partial charge in [-0.15, -0.1) is 0 Å². The first-order chi connectivity index (χ1) is 6.98. The summed E-state index contributed by atoms with van der Waals surface area (Å²) in [5.41, 5.74) is 0.423. The zero-order chi connectivity index (χ0) is 11.5. The van der Waals surface area contributed by atoms with Gasteiger partial charge in [-0.3, -0.25) is 4.79 Å². The van der Waals surface area contributed by atoms with Gasteiger partial charge in [-0.25, -0.2) is 0 Å². The summed E-state index contributed by atoms with van der Waals surface area (Å²) in [7, 11) is 1.45. The predicted octanol–water partition coefficient (Wildman–Crippen LogP) is 2.11. The molecule has 0 amide bonds. The summed E-state index contributed by atoms with van der Waals surface area (Å²) in [4.78, 5) is 11.4. The van der Waals surface area contributed by atoms with E-state index in [0.717, 1.165) is 12.8 Å². The lowest BCUT2D eigenvalue weighted by atomic mass is 9.92. The number of carbonyl (C=O) groups is 1. The molecule has 1 saturated carbocycles. The van der Waals surface area contributed by atoms with E-state index in [1.165, 1.54) is 20.0 Å². The first-order valence-electron chi connectivity index (χ1n) is 5.82. The Morgan fingerprint density at radius 2 is 2.27 bits per heavy atom. The molecule has 1 aliphatic carbocycles.